The molecule has 0 atom stereocenters. The highest BCUT2D eigenvalue weighted by molar-refractivity contribution is 5.69. The fourth-order valence-corrected chi connectivity index (χ4v) is 2.39. The second kappa shape index (κ2) is 5.74. The van der Waals surface area contributed by atoms with E-state index in [1.54, 1.807) is 6.07 Å². The highest BCUT2D eigenvalue weighted by Crippen LogP contribution is 2.23. The summed E-state index contributed by atoms with van der Waals surface area (Å²) in [4.78, 5) is 4.64. The van der Waals surface area contributed by atoms with Crippen LogP contribution in [0.15, 0.2) is 18.2 Å². The van der Waals surface area contributed by atoms with Crippen LogP contribution < -0.4 is 10.6 Å². The maximum absolute atomic E-state index is 8.81. The van der Waals surface area contributed by atoms with Crippen molar-refractivity contribution >= 4 is 11.4 Å². The summed E-state index contributed by atoms with van der Waals surface area (Å²) < 4.78 is 0. The van der Waals surface area contributed by atoms with Crippen molar-refractivity contribution in [2.24, 2.45) is 0 Å². The molecule has 4 heteroatoms. The van der Waals surface area contributed by atoms with Crippen molar-refractivity contribution in [3.05, 3.63) is 23.8 Å². The number of hydrogen-bond acceptors (Lipinski definition) is 4. The van der Waals surface area contributed by atoms with Crippen LogP contribution in [0.3, 0.4) is 0 Å². The smallest absolute Gasteiger partial charge is 0.0992 e. The largest absolute Gasteiger partial charge is 0.397 e. The minimum absolute atomic E-state index is 0.615. The van der Waals surface area contributed by atoms with Crippen molar-refractivity contribution in [3.63, 3.8) is 0 Å². The lowest BCUT2D eigenvalue weighted by atomic mass is 10.2. The lowest BCUT2D eigenvalue weighted by molar-refractivity contribution is 0.347. The standard InChI is InChI=1S/C14H20N4/c1-17(8-9-18-6-2-3-7-18)14-5-4-12(11-15)10-13(14)16/h4-5,10H,2-3,6-9,16H2,1H3. The number of likely N-dealkylation sites (N-methyl/N-ethyl adjacent to an activating group) is 1. The Labute approximate surface area is 109 Å². The van der Waals surface area contributed by atoms with Crippen LogP contribution in [0.25, 0.3) is 0 Å². The summed E-state index contributed by atoms with van der Waals surface area (Å²) in [5, 5.41) is 8.81. The zero-order valence-electron chi connectivity index (χ0n) is 10.9. The molecule has 0 saturated carbocycles. The molecule has 0 bridgehead atoms. The second-order valence-corrected chi connectivity index (χ2v) is 4.86. The molecule has 0 radical (unpaired) electrons. The quantitative estimate of drug-likeness (QED) is 0.819. The molecule has 4 nitrogen and oxygen atoms in total. The van der Waals surface area contributed by atoms with Gasteiger partial charge in [0.15, 0.2) is 0 Å². The Morgan fingerprint density at radius 3 is 2.72 bits per heavy atom. The predicted octanol–water partition coefficient (Wildman–Crippen LogP) is 1.67. The van der Waals surface area contributed by atoms with Crippen LogP contribution >= 0.6 is 0 Å². The second-order valence-electron chi connectivity index (χ2n) is 4.86. The number of nitrogens with zero attached hydrogens (tertiary/aromatic N) is 3. The van der Waals surface area contributed by atoms with Gasteiger partial charge in [-0.25, -0.2) is 0 Å². The Morgan fingerprint density at radius 2 is 2.11 bits per heavy atom. The number of anilines is 2. The fourth-order valence-electron chi connectivity index (χ4n) is 2.39. The van der Waals surface area contributed by atoms with E-state index in [4.69, 9.17) is 11.0 Å². The molecule has 0 amide bonds. The SMILES string of the molecule is CN(CCN1CCCC1)c1ccc(C#N)cc1N. The van der Waals surface area contributed by atoms with Gasteiger partial charge in [-0.05, 0) is 44.1 Å². The van der Waals surface area contributed by atoms with E-state index in [-0.39, 0.29) is 0 Å². The summed E-state index contributed by atoms with van der Waals surface area (Å²) in [6.07, 6.45) is 2.64. The van der Waals surface area contributed by atoms with Crippen molar-refractivity contribution in [3.8, 4) is 6.07 Å². The number of hydrogen-bond donors (Lipinski definition) is 1. The van der Waals surface area contributed by atoms with Crippen molar-refractivity contribution in [2.75, 3.05) is 43.9 Å². The topological polar surface area (TPSA) is 56.3 Å². The van der Waals surface area contributed by atoms with Crippen molar-refractivity contribution in [1.29, 1.82) is 5.26 Å². The summed E-state index contributed by atoms with van der Waals surface area (Å²) in [7, 11) is 2.05. The van der Waals surface area contributed by atoms with Crippen LogP contribution in [0, 0.1) is 11.3 Å². The monoisotopic (exact) mass is 244 g/mol. The number of rotatable bonds is 4. The van der Waals surface area contributed by atoms with Crippen LogP contribution in [-0.2, 0) is 0 Å². The number of nitrogen functional groups attached to an aromatic ring is 1. The number of benzene rings is 1. The van der Waals surface area contributed by atoms with Gasteiger partial charge in [-0.2, -0.15) is 5.26 Å². The Morgan fingerprint density at radius 1 is 1.39 bits per heavy atom. The summed E-state index contributed by atoms with van der Waals surface area (Å²) in [6.45, 7) is 4.49. The number of likely N-dealkylation sites (tertiary alicyclic amines) is 1. The Bertz CT molecular complexity index is 444. The maximum atomic E-state index is 8.81. The van der Waals surface area contributed by atoms with Crippen LogP contribution in [0.5, 0.6) is 0 Å². The van der Waals surface area contributed by atoms with Gasteiger partial charge in [0.05, 0.1) is 23.0 Å². The molecular weight excluding hydrogens is 224 g/mol. The normalized spacial score (nSPS) is 15.6. The van der Waals surface area contributed by atoms with E-state index >= 15 is 0 Å². The molecule has 96 valence electrons. The van der Waals surface area contributed by atoms with Crippen LogP contribution in [-0.4, -0.2) is 38.1 Å². The van der Waals surface area contributed by atoms with E-state index in [9.17, 15) is 0 Å². The first-order chi connectivity index (χ1) is 8.70. The lowest BCUT2D eigenvalue weighted by Crippen LogP contribution is -2.31. The van der Waals surface area contributed by atoms with E-state index in [0.717, 1.165) is 18.8 Å². The molecular formula is C14H20N4. The predicted molar refractivity (Wildman–Crippen MR) is 74.5 cm³/mol. The molecule has 1 fully saturated rings. The third kappa shape index (κ3) is 2.93. The molecule has 1 aromatic carbocycles. The zero-order valence-corrected chi connectivity index (χ0v) is 10.9. The molecule has 1 aliphatic heterocycles. The highest BCUT2D eigenvalue weighted by Gasteiger charge is 2.12. The van der Waals surface area contributed by atoms with Gasteiger partial charge in [-0.15, -0.1) is 0 Å². The molecule has 1 saturated heterocycles. The lowest BCUT2D eigenvalue weighted by Gasteiger charge is -2.24. The Kier molecular flexibility index (Phi) is 4.06. The van der Waals surface area contributed by atoms with Crippen molar-refractivity contribution < 1.29 is 0 Å². The number of nitriles is 1. The summed E-state index contributed by atoms with van der Waals surface area (Å²) in [5.41, 5.74) is 8.28. The molecule has 0 spiro atoms. The van der Waals surface area contributed by atoms with E-state index < -0.39 is 0 Å². The van der Waals surface area contributed by atoms with Gasteiger partial charge in [0.2, 0.25) is 0 Å². The summed E-state index contributed by atoms with van der Waals surface area (Å²) >= 11 is 0. The Hall–Kier alpha value is -1.73. The average Bonchev–Trinajstić information content (AvgIpc) is 2.88. The van der Waals surface area contributed by atoms with Crippen molar-refractivity contribution in [1.82, 2.24) is 4.90 Å². The summed E-state index contributed by atoms with van der Waals surface area (Å²) in [6, 6.07) is 7.59. The van der Waals surface area contributed by atoms with Crippen LogP contribution in [0.2, 0.25) is 0 Å². The maximum Gasteiger partial charge on any atom is 0.0992 e. The van der Waals surface area contributed by atoms with Crippen LogP contribution in [0.1, 0.15) is 18.4 Å². The fraction of sp³-hybridized carbons (Fsp3) is 0.500. The molecule has 0 aliphatic carbocycles. The van der Waals surface area contributed by atoms with Gasteiger partial charge in [0, 0.05) is 20.1 Å². The van der Waals surface area contributed by atoms with Gasteiger partial charge in [-0.3, -0.25) is 0 Å². The minimum Gasteiger partial charge on any atom is -0.397 e. The molecule has 18 heavy (non-hydrogen) atoms. The third-order valence-electron chi connectivity index (χ3n) is 3.52. The molecule has 2 N–H and O–H groups in total. The van der Waals surface area contributed by atoms with E-state index in [2.05, 4.69) is 15.9 Å². The van der Waals surface area contributed by atoms with Gasteiger partial charge >= 0.3 is 0 Å². The molecule has 1 aromatic rings. The van der Waals surface area contributed by atoms with Gasteiger partial charge in [-0.1, -0.05) is 0 Å². The highest BCUT2D eigenvalue weighted by atomic mass is 15.2. The third-order valence-corrected chi connectivity index (χ3v) is 3.52. The molecule has 2 rings (SSSR count). The minimum atomic E-state index is 0.615. The summed E-state index contributed by atoms with van der Waals surface area (Å²) in [5.74, 6) is 0. The first-order valence-electron chi connectivity index (χ1n) is 6.44. The van der Waals surface area contributed by atoms with E-state index in [0.29, 0.717) is 11.3 Å². The zero-order chi connectivity index (χ0) is 13.0. The first kappa shape index (κ1) is 12.7. The average molecular weight is 244 g/mol. The first-order valence-corrected chi connectivity index (χ1v) is 6.44. The van der Waals surface area contributed by atoms with E-state index in [1.807, 2.05) is 19.2 Å². The Balaban J connectivity index is 1.95. The molecule has 0 unspecified atom stereocenters. The van der Waals surface area contributed by atoms with Gasteiger partial charge in [0.1, 0.15) is 0 Å². The van der Waals surface area contributed by atoms with Crippen molar-refractivity contribution in [2.45, 2.75) is 12.8 Å². The molecule has 0 aromatic heterocycles. The number of nitrogens with two attached hydrogens (primary N) is 1. The van der Waals surface area contributed by atoms with Crippen LogP contribution in [0.4, 0.5) is 11.4 Å². The van der Waals surface area contributed by atoms with Gasteiger partial charge < -0.3 is 15.5 Å². The molecule has 1 heterocycles. The molecule has 1 aliphatic rings. The van der Waals surface area contributed by atoms with E-state index in [1.165, 1.54) is 25.9 Å². The van der Waals surface area contributed by atoms with Gasteiger partial charge in [0.25, 0.3) is 0 Å².